The van der Waals surface area contributed by atoms with E-state index in [2.05, 4.69) is 22.5 Å². The zero-order valence-corrected chi connectivity index (χ0v) is 24.9. The Morgan fingerprint density at radius 1 is 1.26 bits per heavy atom. The minimum Gasteiger partial charge on any atom is -0.466 e. The molecule has 1 spiro atoms. The molecule has 3 aliphatic heterocycles. The molecular weight excluding hydrogens is 568 g/mol. The Morgan fingerprint density at radius 2 is 1.95 bits per heavy atom. The standard InChI is InChI=1S/C29H39BrN2O5S/c1-5-14-31(23-18(3)12-11-13-19(23)4)27(35)25-29-17-20(30)24(38-29)21(28(36)37-6-2)22(29)26(34)32(25)15-9-7-8-10-16-33/h5,11-13,20-22,24-25,33H,1,6-10,14-17H2,2-4H3/t20?,21-,22-,24-,25?,29?/m0/s1. The molecule has 38 heavy (non-hydrogen) atoms. The molecule has 3 saturated heterocycles. The van der Waals surface area contributed by atoms with E-state index in [4.69, 9.17) is 9.84 Å². The molecule has 1 N–H and O–H groups in total. The number of amides is 2. The molecule has 7 nitrogen and oxygen atoms in total. The van der Waals surface area contributed by atoms with Crippen LogP contribution in [0.5, 0.6) is 0 Å². The number of fused-ring (bicyclic) bond motifs is 1. The fourth-order valence-corrected chi connectivity index (χ4v) is 10.3. The predicted octanol–water partition coefficient (Wildman–Crippen LogP) is 4.40. The van der Waals surface area contributed by atoms with Gasteiger partial charge in [0.2, 0.25) is 5.91 Å². The molecule has 0 saturated carbocycles. The lowest BCUT2D eigenvalue weighted by atomic mass is 9.71. The van der Waals surface area contributed by atoms with Crippen LogP contribution in [0.2, 0.25) is 0 Å². The second-order valence-corrected chi connectivity index (χ2v) is 13.3. The van der Waals surface area contributed by atoms with Crippen LogP contribution in [0, 0.1) is 25.7 Å². The number of likely N-dealkylation sites (tertiary alicyclic amines) is 1. The minimum absolute atomic E-state index is 0.0128. The molecule has 4 rings (SSSR count). The van der Waals surface area contributed by atoms with E-state index in [-0.39, 0.29) is 41.1 Å². The zero-order valence-electron chi connectivity index (χ0n) is 22.5. The van der Waals surface area contributed by atoms with Crippen molar-refractivity contribution in [2.45, 2.75) is 73.7 Å². The summed E-state index contributed by atoms with van der Waals surface area (Å²) in [5, 5.41) is 9.04. The predicted molar refractivity (Wildman–Crippen MR) is 155 cm³/mol. The number of carbonyl (C=O) groups excluding carboxylic acids is 3. The van der Waals surface area contributed by atoms with Gasteiger partial charge in [-0.3, -0.25) is 14.4 Å². The Kier molecular flexibility index (Phi) is 9.30. The van der Waals surface area contributed by atoms with Crippen LogP contribution in [0.3, 0.4) is 0 Å². The number of ether oxygens (including phenoxy) is 1. The van der Waals surface area contributed by atoms with Crippen molar-refractivity contribution < 1.29 is 24.2 Å². The van der Waals surface area contributed by atoms with E-state index < -0.39 is 22.6 Å². The monoisotopic (exact) mass is 606 g/mol. The summed E-state index contributed by atoms with van der Waals surface area (Å²) in [6, 6.07) is 5.27. The second-order valence-electron chi connectivity index (χ2n) is 10.6. The highest BCUT2D eigenvalue weighted by Crippen LogP contribution is 2.68. The van der Waals surface area contributed by atoms with Crippen molar-refractivity contribution in [1.29, 1.82) is 0 Å². The topological polar surface area (TPSA) is 87.2 Å². The van der Waals surface area contributed by atoms with Gasteiger partial charge in [-0.05, 0) is 51.2 Å². The van der Waals surface area contributed by atoms with E-state index in [9.17, 15) is 14.4 Å². The molecule has 3 unspecified atom stereocenters. The third-order valence-electron chi connectivity index (χ3n) is 8.18. The molecule has 3 heterocycles. The summed E-state index contributed by atoms with van der Waals surface area (Å²) < 4.78 is 4.74. The molecule has 2 amide bonds. The number of anilines is 1. The third kappa shape index (κ3) is 4.94. The van der Waals surface area contributed by atoms with E-state index in [1.165, 1.54) is 0 Å². The normalized spacial score (nSPS) is 29.4. The van der Waals surface area contributed by atoms with Gasteiger partial charge in [0.05, 0.1) is 23.2 Å². The highest BCUT2D eigenvalue weighted by molar-refractivity contribution is 9.09. The minimum atomic E-state index is -0.703. The number of halogens is 1. The summed E-state index contributed by atoms with van der Waals surface area (Å²) in [4.78, 5) is 45.5. The van der Waals surface area contributed by atoms with Gasteiger partial charge < -0.3 is 19.6 Å². The maximum atomic E-state index is 14.7. The highest BCUT2D eigenvalue weighted by Gasteiger charge is 2.76. The number of alkyl halides is 1. The van der Waals surface area contributed by atoms with Crippen LogP contribution in [0.4, 0.5) is 5.69 Å². The zero-order chi connectivity index (χ0) is 27.6. The van der Waals surface area contributed by atoms with Crippen molar-refractivity contribution in [2.75, 3.05) is 31.2 Å². The molecule has 0 radical (unpaired) electrons. The Bertz CT molecular complexity index is 1060. The summed E-state index contributed by atoms with van der Waals surface area (Å²) in [6.07, 6.45) is 5.54. The number of aliphatic hydroxyl groups excluding tert-OH is 1. The molecule has 1 aromatic rings. The molecule has 0 aliphatic carbocycles. The van der Waals surface area contributed by atoms with Crippen LogP contribution < -0.4 is 4.90 Å². The Hall–Kier alpha value is -1.84. The second kappa shape index (κ2) is 12.1. The van der Waals surface area contributed by atoms with Crippen molar-refractivity contribution in [2.24, 2.45) is 11.8 Å². The van der Waals surface area contributed by atoms with Crippen molar-refractivity contribution in [3.05, 3.63) is 42.0 Å². The summed E-state index contributed by atoms with van der Waals surface area (Å²) in [7, 11) is 0. The van der Waals surface area contributed by atoms with Crippen molar-refractivity contribution in [3.63, 3.8) is 0 Å². The van der Waals surface area contributed by atoms with Gasteiger partial charge >= 0.3 is 5.97 Å². The first-order chi connectivity index (χ1) is 18.2. The molecule has 3 fully saturated rings. The van der Waals surface area contributed by atoms with E-state index in [1.807, 2.05) is 32.0 Å². The summed E-state index contributed by atoms with van der Waals surface area (Å²) in [6.45, 7) is 10.9. The molecule has 6 atom stereocenters. The molecule has 2 bridgehead atoms. The highest BCUT2D eigenvalue weighted by atomic mass is 79.9. The molecule has 208 valence electrons. The first-order valence-electron chi connectivity index (χ1n) is 13.6. The molecule has 0 aromatic heterocycles. The van der Waals surface area contributed by atoms with E-state index in [0.717, 1.165) is 42.5 Å². The number of benzene rings is 1. The van der Waals surface area contributed by atoms with Crippen LogP contribution in [0.15, 0.2) is 30.9 Å². The number of unbranched alkanes of at least 4 members (excludes halogenated alkanes) is 3. The van der Waals surface area contributed by atoms with Crippen molar-refractivity contribution in [3.8, 4) is 0 Å². The maximum Gasteiger partial charge on any atom is 0.310 e. The van der Waals surface area contributed by atoms with Crippen LogP contribution in [-0.4, -0.2) is 75.0 Å². The summed E-state index contributed by atoms with van der Waals surface area (Å²) in [5.74, 6) is -1.74. The molecule has 3 aliphatic rings. The number of hydrogen-bond donors (Lipinski definition) is 1. The van der Waals surface area contributed by atoms with E-state index in [0.29, 0.717) is 19.5 Å². The lowest BCUT2D eigenvalue weighted by Gasteiger charge is -2.38. The number of aryl methyl sites for hydroxylation is 2. The number of rotatable bonds is 12. The third-order valence-corrected chi connectivity index (χ3v) is 11.4. The summed E-state index contributed by atoms with van der Waals surface area (Å²) in [5.41, 5.74) is 2.82. The van der Waals surface area contributed by atoms with Gasteiger partial charge in [0.1, 0.15) is 6.04 Å². The molecular formula is C29H39BrN2O5S. The fourth-order valence-electron chi connectivity index (χ4n) is 6.70. The number of thioether (sulfide) groups is 1. The number of aliphatic hydroxyl groups is 1. The van der Waals surface area contributed by atoms with Gasteiger partial charge in [-0.2, -0.15) is 0 Å². The smallest absolute Gasteiger partial charge is 0.310 e. The number of esters is 1. The largest absolute Gasteiger partial charge is 0.466 e. The van der Waals surface area contributed by atoms with Crippen molar-refractivity contribution >= 4 is 51.2 Å². The van der Waals surface area contributed by atoms with Crippen molar-refractivity contribution in [1.82, 2.24) is 4.90 Å². The van der Waals surface area contributed by atoms with Crippen LogP contribution in [0.25, 0.3) is 0 Å². The fraction of sp³-hybridized carbons (Fsp3) is 0.621. The molecule has 9 heteroatoms. The van der Waals surface area contributed by atoms with Gasteiger partial charge in [0, 0.05) is 35.5 Å². The number of para-hydroxylation sites is 1. The van der Waals surface area contributed by atoms with Gasteiger partial charge in [0.15, 0.2) is 0 Å². The van der Waals surface area contributed by atoms with Crippen LogP contribution >= 0.6 is 27.7 Å². The number of carbonyl (C=O) groups is 3. The van der Waals surface area contributed by atoms with Gasteiger partial charge in [0.25, 0.3) is 5.91 Å². The Labute approximate surface area is 238 Å². The number of hydrogen-bond acceptors (Lipinski definition) is 6. The Morgan fingerprint density at radius 3 is 2.58 bits per heavy atom. The van der Waals surface area contributed by atoms with E-state index in [1.54, 1.807) is 34.6 Å². The lowest BCUT2D eigenvalue weighted by Crippen LogP contribution is -2.56. The molecule has 1 aromatic carbocycles. The van der Waals surface area contributed by atoms with E-state index >= 15 is 0 Å². The van der Waals surface area contributed by atoms with Gasteiger partial charge in [-0.1, -0.05) is 53.0 Å². The Balaban J connectivity index is 1.76. The van der Waals surface area contributed by atoms with Gasteiger partial charge in [-0.25, -0.2) is 0 Å². The van der Waals surface area contributed by atoms with Crippen LogP contribution in [-0.2, 0) is 19.1 Å². The summed E-state index contributed by atoms with van der Waals surface area (Å²) >= 11 is 5.43. The maximum absolute atomic E-state index is 14.7. The SMILES string of the molecule is C=CCN(C(=O)C1N(CCCCCCO)C(=O)[C@@H]2[C@H](C(=O)OCC)[C@H]3SC12CC3Br)c1c(C)cccc1C. The quantitative estimate of drug-likeness (QED) is 0.164. The van der Waals surface area contributed by atoms with Crippen LogP contribution in [0.1, 0.15) is 50.2 Å². The number of nitrogens with zero attached hydrogens (tertiary/aromatic N) is 2. The average Bonchev–Trinajstić information content (AvgIpc) is 3.46. The first-order valence-corrected chi connectivity index (χ1v) is 15.4. The van der Waals surface area contributed by atoms with Gasteiger partial charge in [-0.15, -0.1) is 18.3 Å². The average molecular weight is 608 g/mol. The lowest BCUT2D eigenvalue weighted by molar-refractivity contribution is -0.153. The first kappa shape index (κ1) is 29.2.